The van der Waals surface area contributed by atoms with Crippen LogP contribution in [0.2, 0.25) is 0 Å². The van der Waals surface area contributed by atoms with E-state index in [1.54, 1.807) is 6.26 Å². The van der Waals surface area contributed by atoms with Gasteiger partial charge in [-0.15, -0.1) is 0 Å². The van der Waals surface area contributed by atoms with Crippen molar-refractivity contribution in [3.05, 3.63) is 52.6 Å². The van der Waals surface area contributed by atoms with Gasteiger partial charge >= 0.3 is 0 Å². The van der Waals surface area contributed by atoms with Crippen molar-refractivity contribution >= 4 is 16.9 Å². The average Bonchev–Trinajstić information content (AvgIpc) is 3.27. The van der Waals surface area contributed by atoms with E-state index in [0.717, 1.165) is 60.7 Å². The first kappa shape index (κ1) is 19.7. The summed E-state index contributed by atoms with van der Waals surface area (Å²) in [6, 6.07) is 6.25. The lowest BCUT2D eigenvalue weighted by atomic mass is 9.95. The van der Waals surface area contributed by atoms with Crippen molar-refractivity contribution in [2.45, 2.75) is 46.6 Å². The Morgan fingerprint density at radius 2 is 1.90 bits per heavy atom. The van der Waals surface area contributed by atoms with E-state index in [-0.39, 0.29) is 5.91 Å². The summed E-state index contributed by atoms with van der Waals surface area (Å²) in [4.78, 5) is 17.2. The Morgan fingerprint density at radius 1 is 1.14 bits per heavy atom. The Kier molecular flexibility index (Phi) is 5.46. The van der Waals surface area contributed by atoms with Gasteiger partial charge in [-0.3, -0.25) is 9.69 Å². The molecule has 0 spiro atoms. The molecule has 0 N–H and O–H groups in total. The molecule has 6 heteroatoms. The molecule has 0 unspecified atom stereocenters. The number of hydrogen-bond acceptors (Lipinski definition) is 5. The lowest BCUT2D eigenvalue weighted by Gasteiger charge is -2.34. The number of benzene rings is 1. The molecule has 4 rings (SSSR count). The highest BCUT2D eigenvalue weighted by atomic mass is 16.5. The van der Waals surface area contributed by atoms with Gasteiger partial charge < -0.3 is 13.8 Å². The number of hydrogen-bond donors (Lipinski definition) is 0. The van der Waals surface area contributed by atoms with Crippen LogP contribution in [-0.4, -0.2) is 47.0 Å². The maximum absolute atomic E-state index is 12.9. The maximum atomic E-state index is 12.9. The van der Waals surface area contributed by atoms with Gasteiger partial charge in [-0.25, -0.2) is 0 Å². The number of furan rings is 1. The van der Waals surface area contributed by atoms with Gasteiger partial charge in [0.05, 0.1) is 24.9 Å². The van der Waals surface area contributed by atoms with E-state index in [1.807, 2.05) is 17.9 Å². The molecule has 0 radical (unpaired) electrons. The molecule has 1 saturated heterocycles. The molecule has 29 heavy (non-hydrogen) atoms. The molecule has 0 atom stereocenters. The summed E-state index contributed by atoms with van der Waals surface area (Å²) in [6.45, 7) is 12.3. The summed E-state index contributed by atoms with van der Waals surface area (Å²) in [6.07, 6.45) is 2.13. The normalized spacial score (nSPS) is 15.6. The van der Waals surface area contributed by atoms with E-state index in [4.69, 9.17) is 8.94 Å². The predicted molar refractivity (Wildman–Crippen MR) is 112 cm³/mol. The monoisotopic (exact) mass is 395 g/mol. The molecule has 0 bridgehead atoms. The van der Waals surface area contributed by atoms with Gasteiger partial charge in [0.1, 0.15) is 5.58 Å². The molecule has 154 valence electrons. The van der Waals surface area contributed by atoms with Crippen LogP contribution in [0.4, 0.5) is 0 Å². The third kappa shape index (κ3) is 4.22. The van der Waals surface area contributed by atoms with Crippen molar-refractivity contribution in [1.82, 2.24) is 15.0 Å². The maximum Gasteiger partial charge on any atom is 0.227 e. The van der Waals surface area contributed by atoms with Crippen LogP contribution in [0.5, 0.6) is 0 Å². The molecule has 1 aromatic carbocycles. The van der Waals surface area contributed by atoms with Crippen LogP contribution in [0.3, 0.4) is 0 Å². The van der Waals surface area contributed by atoms with E-state index >= 15 is 0 Å². The van der Waals surface area contributed by atoms with Crippen LogP contribution in [-0.2, 0) is 17.8 Å². The van der Waals surface area contributed by atoms with E-state index < -0.39 is 0 Å². The fourth-order valence-corrected chi connectivity index (χ4v) is 4.14. The standard InChI is InChI=1S/C23H29N3O3/c1-15(2)20-12-21-18(14-28-22(21)9-16(20)3)11-23(27)26-7-5-25(6-8-26)13-19-10-17(4)24-29-19/h9-10,12,14-15H,5-8,11,13H2,1-4H3. The third-order valence-corrected chi connectivity index (χ3v) is 5.79. The highest BCUT2D eigenvalue weighted by Crippen LogP contribution is 2.29. The first-order valence-electron chi connectivity index (χ1n) is 10.3. The number of carbonyl (C=O) groups excluding carboxylic acids is 1. The van der Waals surface area contributed by atoms with Gasteiger partial charge in [0.15, 0.2) is 5.76 Å². The SMILES string of the molecule is Cc1cc(CN2CCN(C(=O)Cc3coc4cc(C)c(C(C)C)cc34)CC2)on1. The first-order valence-corrected chi connectivity index (χ1v) is 10.3. The summed E-state index contributed by atoms with van der Waals surface area (Å²) < 4.78 is 11.0. The van der Waals surface area contributed by atoms with Crippen molar-refractivity contribution < 1.29 is 13.7 Å². The van der Waals surface area contributed by atoms with Crippen molar-refractivity contribution in [2.75, 3.05) is 26.2 Å². The molecular weight excluding hydrogens is 366 g/mol. The zero-order valence-corrected chi connectivity index (χ0v) is 17.7. The number of carbonyl (C=O) groups is 1. The molecule has 1 amide bonds. The van der Waals surface area contributed by atoms with Gasteiger partial charge in [0.25, 0.3) is 0 Å². The topological polar surface area (TPSA) is 62.7 Å². The highest BCUT2D eigenvalue weighted by molar-refractivity contribution is 5.88. The minimum atomic E-state index is 0.162. The second kappa shape index (κ2) is 8.03. The summed E-state index contributed by atoms with van der Waals surface area (Å²) in [5.74, 6) is 1.48. The van der Waals surface area contributed by atoms with E-state index in [9.17, 15) is 4.79 Å². The minimum Gasteiger partial charge on any atom is -0.464 e. The predicted octanol–water partition coefficient (Wildman–Crippen LogP) is 4.05. The lowest BCUT2D eigenvalue weighted by Crippen LogP contribution is -2.48. The van der Waals surface area contributed by atoms with Gasteiger partial charge in [-0.2, -0.15) is 0 Å². The molecule has 0 saturated carbocycles. The van der Waals surface area contributed by atoms with E-state index in [0.29, 0.717) is 12.3 Å². The van der Waals surface area contributed by atoms with Crippen molar-refractivity contribution in [1.29, 1.82) is 0 Å². The summed E-state index contributed by atoms with van der Waals surface area (Å²) in [5, 5.41) is 5.00. The second-order valence-corrected chi connectivity index (χ2v) is 8.39. The number of nitrogens with zero attached hydrogens (tertiary/aromatic N) is 3. The average molecular weight is 396 g/mol. The Morgan fingerprint density at radius 3 is 2.55 bits per heavy atom. The van der Waals surface area contributed by atoms with Crippen LogP contribution >= 0.6 is 0 Å². The summed E-state index contributed by atoms with van der Waals surface area (Å²) >= 11 is 0. The third-order valence-electron chi connectivity index (χ3n) is 5.79. The molecule has 1 aliphatic heterocycles. The Bertz CT molecular complexity index is 1010. The molecule has 3 aromatic rings. The largest absolute Gasteiger partial charge is 0.464 e. The zero-order chi connectivity index (χ0) is 20.5. The number of aromatic nitrogens is 1. The van der Waals surface area contributed by atoms with Crippen molar-refractivity contribution in [3.8, 4) is 0 Å². The quantitative estimate of drug-likeness (QED) is 0.652. The molecular formula is C23H29N3O3. The highest BCUT2D eigenvalue weighted by Gasteiger charge is 2.23. The van der Waals surface area contributed by atoms with E-state index in [2.05, 4.69) is 43.0 Å². The molecule has 6 nitrogen and oxygen atoms in total. The zero-order valence-electron chi connectivity index (χ0n) is 17.7. The Balaban J connectivity index is 1.39. The fourth-order valence-electron chi connectivity index (χ4n) is 4.14. The Labute approximate surface area is 171 Å². The number of aryl methyl sites for hydroxylation is 2. The second-order valence-electron chi connectivity index (χ2n) is 8.39. The molecule has 1 aliphatic rings. The van der Waals surface area contributed by atoms with Crippen LogP contribution in [0, 0.1) is 13.8 Å². The number of fused-ring (bicyclic) bond motifs is 1. The Hall–Kier alpha value is -2.60. The van der Waals surface area contributed by atoms with Crippen LogP contribution in [0.25, 0.3) is 11.0 Å². The minimum absolute atomic E-state index is 0.162. The van der Waals surface area contributed by atoms with Crippen LogP contribution in [0.1, 0.15) is 47.9 Å². The number of piperazine rings is 1. The smallest absolute Gasteiger partial charge is 0.227 e. The van der Waals surface area contributed by atoms with Gasteiger partial charge in [0.2, 0.25) is 5.91 Å². The summed E-state index contributed by atoms with van der Waals surface area (Å²) in [7, 11) is 0. The molecule has 1 fully saturated rings. The van der Waals surface area contributed by atoms with Gasteiger partial charge in [-0.05, 0) is 43.0 Å². The van der Waals surface area contributed by atoms with E-state index in [1.165, 1.54) is 11.1 Å². The number of amides is 1. The number of rotatable bonds is 5. The van der Waals surface area contributed by atoms with Gasteiger partial charge in [-0.1, -0.05) is 19.0 Å². The van der Waals surface area contributed by atoms with Crippen LogP contribution in [0.15, 0.2) is 33.4 Å². The van der Waals surface area contributed by atoms with Crippen molar-refractivity contribution in [3.63, 3.8) is 0 Å². The van der Waals surface area contributed by atoms with Gasteiger partial charge in [0, 0.05) is 43.2 Å². The summed E-state index contributed by atoms with van der Waals surface area (Å²) in [5.41, 5.74) is 5.28. The molecule has 0 aliphatic carbocycles. The molecule has 2 aromatic heterocycles. The lowest BCUT2D eigenvalue weighted by molar-refractivity contribution is -0.132. The first-order chi connectivity index (χ1) is 13.9. The van der Waals surface area contributed by atoms with Crippen molar-refractivity contribution in [2.24, 2.45) is 0 Å². The fraction of sp³-hybridized carbons (Fsp3) is 0.478. The molecule has 3 heterocycles. The van der Waals surface area contributed by atoms with Crippen LogP contribution < -0.4 is 0 Å².